The SMILES string of the molecule is O=C(Cc1cncnc1)N1C[C@H](O)C[C@@H]1c1cccc(C(F)(F)F)c1. The second-order valence-electron chi connectivity index (χ2n) is 6.00. The van der Waals surface area contributed by atoms with Gasteiger partial charge in [-0.1, -0.05) is 12.1 Å². The molecule has 0 radical (unpaired) electrons. The van der Waals surface area contributed by atoms with Crippen molar-refractivity contribution >= 4 is 5.91 Å². The summed E-state index contributed by atoms with van der Waals surface area (Å²) >= 11 is 0. The number of alkyl halides is 3. The Morgan fingerprint density at radius 3 is 2.68 bits per heavy atom. The summed E-state index contributed by atoms with van der Waals surface area (Å²) in [5.74, 6) is -0.284. The van der Waals surface area contributed by atoms with Crippen LogP contribution in [-0.4, -0.2) is 38.5 Å². The Bertz CT molecular complexity index is 752. The summed E-state index contributed by atoms with van der Waals surface area (Å²) in [4.78, 5) is 21.7. The Hall–Kier alpha value is -2.48. The molecule has 1 N–H and O–H groups in total. The molecule has 1 aromatic carbocycles. The van der Waals surface area contributed by atoms with Gasteiger partial charge in [0, 0.05) is 18.9 Å². The molecule has 0 unspecified atom stereocenters. The number of benzene rings is 1. The molecule has 0 spiro atoms. The van der Waals surface area contributed by atoms with E-state index in [1.807, 2.05) is 0 Å². The Morgan fingerprint density at radius 1 is 1.28 bits per heavy atom. The van der Waals surface area contributed by atoms with Gasteiger partial charge in [0.05, 0.1) is 24.1 Å². The van der Waals surface area contributed by atoms with Crippen LogP contribution >= 0.6 is 0 Å². The third-order valence-corrected chi connectivity index (χ3v) is 4.17. The summed E-state index contributed by atoms with van der Waals surface area (Å²) < 4.78 is 38.8. The van der Waals surface area contributed by atoms with Gasteiger partial charge >= 0.3 is 6.18 Å². The second-order valence-corrected chi connectivity index (χ2v) is 6.00. The zero-order valence-electron chi connectivity index (χ0n) is 13.1. The number of carbonyl (C=O) groups is 1. The highest BCUT2D eigenvalue weighted by Gasteiger charge is 2.37. The van der Waals surface area contributed by atoms with E-state index in [1.54, 1.807) is 6.07 Å². The largest absolute Gasteiger partial charge is 0.416 e. The first-order chi connectivity index (χ1) is 11.8. The first-order valence-corrected chi connectivity index (χ1v) is 7.73. The van der Waals surface area contributed by atoms with Crippen molar-refractivity contribution in [3.05, 3.63) is 59.7 Å². The average Bonchev–Trinajstić information content (AvgIpc) is 2.97. The number of likely N-dealkylation sites (tertiary alicyclic amines) is 1. The summed E-state index contributed by atoms with van der Waals surface area (Å²) in [6.07, 6.45) is -0.618. The molecule has 2 aromatic rings. The minimum Gasteiger partial charge on any atom is -0.391 e. The Balaban J connectivity index is 1.83. The molecule has 25 heavy (non-hydrogen) atoms. The molecular weight excluding hydrogens is 335 g/mol. The monoisotopic (exact) mass is 351 g/mol. The molecule has 1 aliphatic heterocycles. The molecule has 5 nitrogen and oxygen atoms in total. The number of halogens is 3. The fraction of sp³-hybridized carbons (Fsp3) is 0.353. The van der Waals surface area contributed by atoms with Crippen molar-refractivity contribution in [1.29, 1.82) is 0 Å². The van der Waals surface area contributed by atoms with Crippen LogP contribution in [0, 0.1) is 0 Å². The Kier molecular flexibility index (Phi) is 4.71. The maximum Gasteiger partial charge on any atom is 0.416 e. The van der Waals surface area contributed by atoms with Crippen LogP contribution < -0.4 is 0 Å². The lowest BCUT2D eigenvalue weighted by Gasteiger charge is -2.25. The maximum atomic E-state index is 12.9. The molecule has 1 amide bonds. The van der Waals surface area contributed by atoms with E-state index in [-0.39, 0.29) is 25.3 Å². The van der Waals surface area contributed by atoms with Crippen molar-refractivity contribution in [1.82, 2.24) is 14.9 Å². The van der Waals surface area contributed by atoms with Crippen LogP contribution in [0.2, 0.25) is 0 Å². The number of hydrogen-bond acceptors (Lipinski definition) is 4. The summed E-state index contributed by atoms with van der Waals surface area (Å²) in [5.41, 5.74) is 0.205. The third-order valence-electron chi connectivity index (χ3n) is 4.17. The van der Waals surface area contributed by atoms with Crippen molar-refractivity contribution < 1.29 is 23.1 Å². The van der Waals surface area contributed by atoms with Crippen LogP contribution in [0.15, 0.2) is 43.0 Å². The van der Waals surface area contributed by atoms with E-state index in [9.17, 15) is 23.1 Å². The topological polar surface area (TPSA) is 66.3 Å². The van der Waals surface area contributed by atoms with Gasteiger partial charge in [0.15, 0.2) is 0 Å². The number of aromatic nitrogens is 2. The molecule has 2 atom stereocenters. The maximum absolute atomic E-state index is 12.9. The molecule has 1 fully saturated rings. The molecule has 2 heterocycles. The number of aliphatic hydroxyl groups excluding tert-OH is 1. The molecule has 1 aromatic heterocycles. The quantitative estimate of drug-likeness (QED) is 0.922. The molecule has 0 saturated carbocycles. The zero-order valence-corrected chi connectivity index (χ0v) is 13.1. The number of carbonyl (C=O) groups excluding carboxylic acids is 1. The molecule has 1 aliphatic rings. The normalized spacial score (nSPS) is 20.7. The van der Waals surface area contributed by atoms with E-state index in [0.717, 1.165) is 12.1 Å². The predicted octanol–water partition coefficient (Wildman–Crippen LogP) is 2.37. The van der Waals surface area contributed by atoms with Crippen molar-refractivity contribution in [3.8, 4) is 0 Å². The first-order valence-electron chi connectivity index (χ1n) is 7.73. The molecule has 0 bridgehead atoms. The average molecular weight is 351 g/mol. The standard InChI is InChI=1S/C17H16F3N3O2/c18-17(19,20)13-3-1-2-12(5-13)15-6-14(24)9-23(15)16(25)4-11-7-21-10-22-8-11/h1-3,5,7-8,10,14-15,24H,4,6,9H2/t14-,15-/m1/s1. The zero-order chi connectivity index (χ0) is 18.0. The summed E-state index contributed by atoms with van der Waals surface area (Å²) in [6, 6.07) is 4.30. The highest BCUT2D eigenvalue weighted by atomic mass is 19.4. The van der Waals surface area contributed by atoms with E-state index in [2.05, 4.69) is 9.97 Å². The molecule has 0 aliphatic carbocycles. The number of nitrogens with zero attached hydrogens (tertiary/aromatic N) is 3. The van der Waals surface area contributed by atoms with Crippen molar-refractivity contribution in [2.45, 2.75) is 31.2 Å². The van der Waals surface area contributed by atoms with Crippen molar-refractivity contribution in [2.75, 3.05) is 6.54 Å². The number of hydrogen-bond donors (Lipinski definition) is 1. The molecule has 1 saturated heterocycles. The van der Waals surface area contributed by atoms with Crippen LogP contribution in [0.5, 0.6) is 0 Å². The lowest BCUT2D eigenvalue weighted by Crippen LogP contribution is -2.33. The lowest BCUT2D eigenvalue weighted by atomic mass is 10.0. The number of aliphatic hydroxyl groups is 1. The van der Waals surface area contributed by atoms with Crippen molar-refractivity contribution in [2.24, 2.45) is 0 Å². The number of rotatable bonds is 3. The van der Waals surface area contributed by atoms with Crippen LogP contribution in [-0.2, 0) is 17.4 Å². The molecule has 8 heteroatoms. The Labute approximate surface area is 142 Å². The number of amides is 1. The summed E-state index contributed by atoms with van der Waals surface area (Å²) in [6.45, 7) is 0.0907. The van der Waals surface area contributed by atoms with Gasteiger partial charge in [-0.2, -0.15) is 13.2 Å². The van der Waals surface area contributed by atoms with E-state index in [1.165, 1.54) is 29.7 Å². The third kappa shape index (κ3) is 3.96. The minimum atomic E-state index is -4.45. The van der Waals surface area contributed by atoms with Gasteiger partial charge in [0.2, 0.25) is 5.91 Å². The van der Waals surface area contributed by atoms with Crippen LogP contribution in [0.25, 0.3) is 0 Å². The summed E-state index contributed by atoms with van der Waals surface area (Å²) in [7, 11) is 0. The van der Waals surface area contributed by atoms with Crippen LogP contribution in [0.1, 0.15) is 29.2 Å². The van der Waals surface area contributed by atoms with E-state index < -0.39 is 23.9 Å². The smallest absolute Gasteiger partial charge is 0.391 e. The molecule has 132 valence electrons. The van der Waals surface area contributed by atoms with E-state index >= 15 is 0 Å². The van der Waals surface area contributed by atoms with Gasteiger partial charge in [0.25, 0.3) is 0 Å². The predicted molar refractivity (Wildman–Crippen MR) is 82.3 cm³/mol. The number of β-amino-alcohol motifs (C(OH)–C–C–N with tert-alkyl or cyclic N) is 1. The fourth-order valence-electron chi connectivity index (χ4n) is 3.03. The van der Waals surface area contributed by atoms with Crippen LogP contribution in [0.3, 0.4) is 0 Å². The minimum absolute atomic E-state index is 0.0308. The van der Waals surface area contributed by atoms with Gasteiger partial charge in [-0.15, -0.1) is 0 Å². The summed E-state index contributed by atoms with van der Waals surface area (Å²) in [5, 5.41) is 9.93. The highest BCUT2D eigenvalue weighted by molar-refractivity contribution is 5.79. The van der Waals surface area contributed by atoms with E-state index in [0.29, 0.717) is 11.1 Å². The van der Waals surface area contributed by atoms with Gasteiger partial charge in [-0.25, -0.2) is 9.97 Å². The lowest BCUT2D eigenvalue weighted by molar-refractivity contribution is -0.137. The molecule has 3 rings (SSSR count). The van der Waals surface area contributed by atoms with Gasteiger partial charge in [-0.05, 0) is 29.7 Å². The van der Waals surface area contributed by atoms with Crippen molar-refractivity contribution in [3.63, 3.8) is 0 Å². The van der Waals surface area contributed by atoms with Gasteiger partial charge in [0.1, 0.15) is 6.33 Å². The van der Waals surface area contributed by atoms with E-state index in [4.69, 9.17) is 0 Å². The fourth-order valence-corrected chi connectivity index (χ4v) is 3.03. The second kappa shape index (κ2) is 6.79. The first kappa shape index (κ1) is 17.3. The highest BCUT2D eigenvalue weighted by Crippen LogP contribution is 2.36. The molecular formula is C17H16F3N3O2. The van der Waals surface area contributed by atoms with Crippen LogP contribution in [0.4, 0.5) is 13.2 Å². The van der Waals surface area contributed by atoms with Gasteiger partial charge < -0.3 is 10.0 Å². The van der Waals surface area contributed by atoms with Gasteiger partial charge in [-0.3, -0.25) is 4.79 Å². The Morgan fingerprint density at radius 2 is 2.00 bits per heavy atom.